The van der Waals surface area contributed by atoms with Gasteiger partial charge in [0.05, 0.1) is 16.2 Å². The highest BCUT2D eigenvalue weighted by molar-refractivity contribution is 7.89. The topological polar surface area (TPSA) is 113 Å². The third kappa shape index (κ3) is 6.06. The number of non-ortho nitro benzene ring substituents is 1. The lowest BCUT2D eigenvalue weighted by atomic mass is 10.1. The Balaban J connectivity index is 1.40. The SMILES string of the molecule is O=C(Cc1ccc([N+](=O)[O-])cc1)NCCN1CCN(S(=O)(=O)c2ccc(F)cc2)CC1. The molecule has 1 fully saturated rings. The molecule has 0 unspecified atom stereocenters. The first kappa shape index (κ1) is 22.8. The summed E-state index contributed by atoms with van der Waals surface area (Å²) in [6, 6.07) is 10.6. The van der Waals surface area contributed by atoms with Gasteiger partial charge in [-0.1, -0.05) is 12.1 Å². The van der Waals surface area contributed by atoms with E-state index in [1.807, 2.05) is 0 Å². The van der Waals surface area contributed by atoms with E-state index < -0.39 is 20.8 Å². The van der Waals surface area contributed by atoms with Crippen LogP contribution in [0.1, 0.15) is 5.56 Å². The van der Waals surface area contributed by atoms with Crippen molar-refractivity contribution in [2.24, 2.45) is 0 Å². The van der Waals surface area contributed by atoms with E-state index >= 15 is 0 Å². The lowest BCUT2D eigenvalue weighted by molar-refractivity contribution is -0.384. The van der Waals surface area contributed by atoms with Crippen LogP contribution in [0.4, 0.5) is 10.1 Å². The van der Waals surface area contributed by atoms with Crippen LogP contribution in [-0.2, 0) is 21.2 Å². The number of sulfonamides is 1. The monoisotopic (exact) mass is 450 g/mol. The van der Waals surface area contributed by atoms with E-state index in [0.717, 1.165) is 12.1 Å². The Kier molecular flexibility index (Phi) is 7.31. The number of halogens is 1. The molecule has 9 nitrogen and oxygen atoms in total. The summed E-state index contributed by atoms with van der Waals surface area (Å²) in [7, 11) is -3.65. The predicted octanol–water partition coefficient (Wildman–Crippen LogP) is 1.40. The summed E-state index contributed by atoms with van der Waals surface area (Å²) in [5, 5.41) is 13.5. The van der Waals surface area contributed by atoms with E-state index in [-0.39, 0.29) is 22.9 Å². The molecular formula is C20H23FN4O5S. The second-order valence-electron chi connectivity index (χ2n) is 7.15. The maximum Gasteiger partial charge on any atom is 0.269 e. The van der Waals surface area contributed by atoms with E-state index in [4.69, 9.17) is 0 Å². The first-order chi connectivity index (χ1) is 14.8. The molecular weight excluding hydrogens is 427 g/mol. The van der Waals surface area contributed by atoms with E-state index in [2.05, 4.69) is 10.2 Å². The third-order valence-electron chi connectivity index (χ3n) is 5.04. The molecule has 3 rings (SSSR count). The van der Waals surface area contributed by atoms with Crippen molar-refractivity contribution in [3.8, 4) is 0 Å². The molecule has 2 aromatic rings. The average Bonchev–Trinajstić information content (AvgIpc) is 2.75. The fourth-order valence-electron chi connectivity index (χ4n) is 3.29. The summed E-state index contributed by atoms with van der Waals surface area (Å²) in [5.41, 5.74) is 0.660. The van der Waals surface area contributed by atoms with Gasteiger partial charge in [-0.2, -0.15) is 4.31 Å². The molecule has 1 N–H and O–H groups in total. The number of nitro groups is 1. The van der Waals surface area contributed by atoms with Crippen LogP contribution in [0.15, 0.2) is 53.4 Å². The van der Waals surface area contributed by atoms with E-state index in [9.17, 15) is 27.7 Å². The number of nitro benzene ring substituents is 1. The molecule has 1 aliphatic rings. The molecule has 1 heterocycles. The summed E-state index contributed by atoms with van der Waals surface area (Å²) >= 11 is 0. The molecule has 0 saturated carbocycles. The second kappa shape index (κ2) is 9.94. The fraction of sp³-hybridized carbons (Fsp3) is 0.350. The first-order valence-corrected chi connectivity index (χ1v) is 11.2. The van der Waals surface area contributed by atoms with E-state index in [1.54, 1.807) is 12.1 Å². The number of benzene rings is 2. The van der Waals surface area contributed by atoms with Crippen LogP contribution in [0.2, 0.25) is 0 Å². The number of hydrogen-bond acceptors (Lipinski definition) is 6. The molecule has 0 aliphatic carbocycles. The number of carbonyl (C=O) groups excluding carboxylic acids is 1. The van der Waals surface area contributed by atoms with Crippen LogP contribution in [-0.4, -0.2) is 67.7 Å². The maximum absolute atomic E-state index is 13.0. The average molecular weight is 450 g/mol. The van der Waals surface area contributed by atoms with Gasteiger partial charge in [0.25, 0.3) is 5.69 Å². The zero-order chi connectivity index (χ0) is 22.4. The van der Waals surface area contributed by atoms with Gasteiger partial charge in [-0.15, -0.1) is 0 Å². The number of rotatable bonds is 8. The van der Waals surface area contributed by atoms with Crippen molar-refractivity contribution in [3.63, 3.8) is 0 Å². The molecule has 2 aromatic carbocycles. The van der Waals surface area contributed by atoms with Crippen LogP contribution in [0.5, 0.6) is 0 Å². The Bertz CT molecular complexity index is 1020. The molecule has 0 aromatic heterocycles. The summed E-state index contributed by atoms with van der Waals surface area (Å²) in [5.74, 6) is -0.675. The van der Waals surface area contributed by atoms with Crippen molar-refractivity contribution >= 4 is 21.6 Å². The van der Waals surface area contributed by atoms with Crippen LogP contribution in [0.3, 0.4) is 0 Å². The van der Waals surface area contributed by atoms with Gasteiger partial charge in [-0.25, -0.2) is 12.8 Å². The number of nitrogens with zero attached hydrogens (tertiary/aromatic N) is 3. The Labute approximate surface area is 179 Å². The quantitative estimate of drug-likeness (QED) is 0.481. The van der Waals surface area contributed by atoms with Crippen LogP contribution in [0, 0.1) is 15.9 Å². The Morgan fingerprint density at radius 2 is 1.65 bits per heavy atom. The first-order valence-electron chi connectivity index (χ1n) is 9.74. The molecule has 166 valence electrons. The van der Waals surface area contributed by atoms with Gasteiger partial charge >= 0.3 is 0 Å². The Hall–Kier alpha value is -2.89. The van der Waals surface area contributed by atoms with Crippen molar-refractivity contribution in [1.82, 2.24) is 14.5 Å². The molecule has 11 heteroatoms. The largest absolute Gasteiger partial charge is 0.355 e. The van der Waals surface area contributed by atoms with Crippen LogP contribution < -0.4 is 5.32 Å². The highest BCUT2D eigenvalue weighted by Gasteiger charge is 2.28. The number of carbonyl (C=O) groups is 1. The van der Waals surface area contributed by atoms with Gasteiger partial charge in [0, 0.05) is 51.4 Å². The smallest absolute Gasteiger partial charge is 0.269 e. The van der Waals surface area contributed by atoms with Gasteiger partial charge in [-0.3, -0.25) is 19.8 Å². The molecule has 31 heavy (non-hydrogen) atoms. The lowest BCUT2D eigenvalue weighted by Crippen LogP contribution is -2.50. The number of nitrogens with one attached hydrogen (secondary N) is 1. The van der Waals surface area contributed by atoms with Crippen LogP contribution in [0.25, 0.3) is 0 Å². The van der Waals surface area contributed by atoms with Crippen molar-refractivity contribution < 1.29 is 22.5 Å². The molecule has 0 radical (unpaired) electrons. The van der Waals surface area contributed by atoms with Crippen molar-refractivity contribution in [2.45, 2.75) is 11.3 Å². The lowest BCUT2D eigenvalue weighted by Gasteiger charge is -2.33. The standard InChI is InChI=1S/C20H23FN4O5S/c21-17-3-7-19(8-4-17)31(29,30)24-13-11-23(12-14-24)10-9-22-20(26)15-16-1-5-18(6-2-16)25(27)28/h1-8H,9-15H2,(H,22,26). The molecule has 1 aliphatic heterocycles. The highest BCUT2D eigenvalue weighted by Crippen LogP contribution is 2.18. The molecule has 0 atom stereocenters. The van der Waals surface area contributed by atoms with Gasteiger partial charge < -0.3 is 5.32 Å². The van der Waals surface area contributed by atoms with Gasteiger partial charge in [0.15, 0.2) is 0 Å². The van der Waals surface area contributed by atoms with Crippen molar-refractivity contribution in [3.05, 3.63) is 70.0 Å². The normalized spacial score (nSPS) is 15.5. The minimum atomic E-state index is -3.65. The number of hydrogen-bond donors (Lipinski definition) is 1. The van der Waals surface area contributed by atoms with Gasteiger partial charge in [0.2, 0.25) is 15.9 Å². The molecule has 1 amide bonds. The Morgan fingerprint density at radius 3 is 2.23 bits per heavy atom. The summed E-state index contributed by atoms with van der Waals surface area (Å²) in [6.45, 7) is 2.68. The fourth-order valence-corrected chi connectivity index (χ4v) is 4.71. The Morgan fingerprint density at radius 1 is 1.03 bits per heavy atom. The number of piperazine rings is 1. The van der Waals surface area contributed by atoms with E-state index in [0.29, 0.717) is 44.8 Å². The minimum absolute atomic E-state index is 0.0234. The van der Waals surface area contributed by atoms with Crippen molar-refractivity contribution in [2.75, 3.05) is 39.3 Å². The molecule has 1 saturated heterocycles. The summed E-state index contributed by atoms with van der Waals surface area (Å²) in [4.78, 5) is 24.4. The minimum Gasteiger partial charge on any atom is -0.355 e. The predicted molar refractivity (Wildman–Crippen MR) is 111 cm³/mol. The van der Waals surface area contributed by atoms with Gasteiger partial charge in [-0.05, 0) is 29.8 Å². The molecule has 0 spiro atoms. The summed E-state index contributed by atoms with van der Waals surface area (Å²) < 4.78 is 39.7. The van der Waals surface area contributed by atoms with Crippen LogP contribution >= 0.6 is 0 Å². The zero-order valence-corrected chi connectivity index (χ0v) is 17.6. The zero-order valence-electron chi connectivity index (χ0n) is 16.7. The maximum atomic E-state index is 13.0. The van der Waals surface area contributed by atoms with Crippen molar-refractivity contribution in [1.29, 1.82) is 0 Å². The molecule has 0 bridgehead atoms. The highest BCUT2D eigenvalue weighted by atomic mass is 32.2. The number of amides is 1. The third-order valence-corrected chi connectivity index (χ3v) is 6.96. The van der Waals surface area contributed by atoms with Gasteiger partial charge in [0.1, 0.15) is 5.82 Å². The summed E-state index contributed by atoms with van der Waals surface area (Å²) in [6.07, 6.45) is 0.127. The second-order valence-corrected chi connectivity index (χ2v) is 9.09. The van der Waals surface area contributed by atoms with E-state index in [1.165, 1.54) is 28.6 Å².